The zero-order chi connectivity index (χ0) is 18.1. The number of nitrogens with one attached hydrogen (secondary N) is 1. The van der Waals surface area contributed by atoms with Crippen molar-refractivity contribution in [3.05, 3.63) is 52.4 Å². The molecule has 3 heterocycles. The highest BCUT2D eigenvalue weighted by atomic mass is 32.1. The van der Waals surface area contributed by atoms with Gasteiger partial charge in [0.25, 0.3) is 0 Å². The summed E-state index contributed by atoms with van der Waals surface area (Å²) in [6.45, 7) is 3.73. The molecule has 4 rings (SSSR count). The maximum atomic E-state index is 12.4. The number of rotatable bonds is 4. The summed E-state index contributed by atoms with van der Waals surface area (Å²) in [5.74, 6) is 1.08. The zero-order valence-electron chi connectivity index (χ0n) is 14.8. The first kappa shape index (κ1) is 16.9. The zero-order valence-corrected chi connectivity index (χ0v) is 15.6. The van der Waals surface area contributed by atoms with E-state index in [9.17, 15) is 4.79 Å². The van der Waals surface area contributed by atoms with E-state index in [2.05, 4.69) is 27.2 Å². The second-order valence-corrected chi connectivity index (χ2v) is 7.57. The SMILES string of the molecule is Cc1oc(-c2ccccc2)nc1CC(=O)Nc1nc2c(s1)CN(C)CC2. The first-order chi connectivity index (χ1) is 12.6. The van der Waals surface area contributed by atoms with Crippen molar-refractivity contribution in [2.24, 2.45) is 0 Å². The summed E-state index contributed by atoms with van der Waals surface area (Å²) in [5, 5.41) is 3.57. The number of anilines is 1. The number of oxazole rings is 1. The van der Waals surface area contributed by atoms with Gasteiger partial charge in [0.2, 0.25) is 11.8 Å². The molecule has 3 aromatic rings. The highest BCUT2D eigenvalue weighted by molar-refractivity contribution is 7.15. The van der Waals surface area contributed by atoms with Crippen LogP contribution in [0.3, 0.4) is 0 Å². The predicted molar refractivity (Wildman–Crippen MR) is 101 cm³/mol. The van der Waals surface area contributed by atoms with Crippen LogP contribution >= 0.6 is 11.3 Å². The molecule has 0 saturated heterocycles. The third kappa shape index (κ3) is 3.54. The summed E-state index contributed by atoms with van der Waals surface area (Å²) in [4.78, 5) is 25.0. The lowest BCUT2D eigenvalue weighted by molar-refractivity contribution is -0.115. The third-order valence-corrected chi connectivity index (χ3v) is 5.41. The Labute approximate surface area is 155 Å². The van der Waals surface area contributed by atoms with Crippen LogP contribution in [0, 0.1) is 6.92 Å². The summed E-state index contributed by atoms with van der Waals surface area (Å²) in [6, 6.07) is 9.68. The quantitative estimate of drug-likeness (QED) is 0.765. The van der Waals surface area contributed by atoms with Crippen LogP contribution in [-0.4, -0.2) is 34.4 Å². The van der Waals surface area contributed by atoms with Crippen molar-refractivity contribution in [1.29, 1.82) is 0 Å². The van der Waals surface area contributed by atoms with Crippen molar-refractivity contribution < 1.29 is 9.21 Å². The van der Waals surface area contributed by atoms with Gasteiger partial charge < -0.3 is 14.6 Å². The lowest BCUT2D eigenvalue weighted by Gasteiger charge is -2.20. The number of nitrogens with zero attached hydrogens (tertiary/aromatic N) is 3. The average molecular weight is 368 g/mol. The van der Waals surface area contributed by atoms with E-state index in [0.717, 1.165) is 30.8 Å². The summed E-state index contributed by atoms with van der Waals surface area (Å²) in [5.41, 5.74) is 2.66. The number of hydrogen-bond acceptors (Lipinski definition) is 6. The van der Waals surface area contributed by atoms with Gasteiger partial charge >= 0.3 is 0 Å². The largest absolute Gasteiger partial charge is 0.441 e. The molecule has 1 aliphatic rings. The van der Waals surface area contributed by atoms with Gasteiger partial charge in [-0.05, 0) is 26.1 Å². The highest BCUT2D eigenvalue weighted by Gasteiger charge is 2.20. The minimum Gasteiger partial charge on any atom is -0.441 e. The Kier molecular flexibility index (Phi) is 4.57. The van der Waals surface area contributed by atoms with E-state index in [-0.39, 0.29) is 12.3 Å². The van der Waals surface area contributed by atoms with E-state index in [0.29, 0.717) is 22.5 Å². The number of likely N-dealkylation sites (N-methyl/N-ethyl adjacent to an activating group) is 1. The van der Waals surface area contributed by atoms with E-state index in [1.165, 1.54) is 4.88 Å². The maximum absolute atomic E-state index is 12.4. The van der Waals surface area contributed by atoms with Crippen LogP contribution in [-0.2, 0) is 24.2 Å². The van der Waals surface area contributed by atoms with Crippen LogP contribution in [0.4, 0.5) is 5.13 Å². The predicted octanol–water partition coefficient (Wildman–Crippen LogP) is 3.28. The number of aromatic nitrogens is 2. The van der Waals surface area contributed by atoms with E-state index in [1.54, 1.807) is 11.3 Å². The molecule has 0 aliphatic carbocycles. The number of amides is 1. The third-order valence-electron chi connectivity index (χ3n) is 4.41. The smallest absolute Gasteiger partial charge is 0.232 e. The van der Waals surface area contributed by atoms with Crippen molar-refractivity contribution >= 4 is 22.4 Å². The summed E-state index contributed by atoms with van der Waals surface area (Å²) in [6.07, 6.45) is 1.10. The van der Waals surface area contributed by atoms with Gasteiger partial charge in [-0.1, -0.05) is 18.2 Å². The molecule has 134 valence electrons. The lowest BCUT2D eigenvalue weighted by atomic mass is 10.2. The minimum absolute atomic E-state index is 0.125. The molecule has 7 heteroatoms. The Morgan fingerprint density at radius 1 is 1.31 bits per heavy atom. The maximum Gasteiger partial charge on any atom is 0.232 e. The van der Waals surface area contributed by atoms with E-state index >= 15 is 0 Å². The second-order valence-electron chi connectivity index (χ2n) is 6.49. The summed E-state index contributed by atoms with van der Waals surface area (Å²) < 4.78 is 5.72. The Bertz CT molecular complexity index is 932. The molecule has 1 N–H and O–H groups in total. The molecule has 26 heavy (non-hydrogen) atoms. The normalized spacial score (nSPS) is 14.2. The van der Waals surface area contributed by atoms with Crippen LogP contribution in [0.1, 0.15) is 22.0 Å². The van der Waals surface area contributed by atoms with Gasteiger partial charge in [-0.2, -0.15) is 0 Å². The number of aryl methyl sites for hydroxylation is 1. The van der Waals surface area contributed by atoms with Gasteiger partial charge in [0.15, 0.2) is 5.13 Å². The van der Waals surface area contributed by atoms with Crippen LogP contribution in [0.5, 0.6) is 0 Å². The Hall–Kier alpha value is -2.51. The molecule has 0 unspecified atom stereocenters. The molecule has 0 spiro atoms. The van der Waals surface area contributed by atoms with Crippen molar-refractivity contribution in [2.45, 2.75) is 26.3 Å². The Balaban J connectivity index is 1.45. The van der Waals surface area contributed by atoms with E-state index in [1.807, 2.05) is 37.3 Å². The first-order valence-electron chi connectivity index (χ1n) is 8.57. The second kappa shape index (κ2) is 7.01. The van der Waals surface area contributed by atoms with Crippen molar-refractivity contribution in [3.63, 3.8) is 0 Å². The van der Waals surface area contributed by atoms with Crippen LogP contribution in [0.2, 0.25) is 0 Å². The molecule has 2 aromatic heterocycles. The molecule has 0 atom stereocenters. The Morgan fingerprint density at radius 3 is 2.92 bits per heavy atom. The van der Waals surface area contributed by atoms with Crippen molar-refractivity contribution in [1.82, 2.24) is 14.9 Å². The van der Waals surface area contributed by atoms with Crippen LogP contribution in [0.15, 0.2) is 34.7 Å². The average Bonchev–Trinajstić information content (AvgIpc) is 3.18. The molecule has 1 aromatic carbocycles. The number of carbonyl (C=O) groups excluding carboxylic acids is 1. The molecule has 1 amide bonds. The van der Waals surface area contributed by atoms with Crippen LogP contribution < -0.4 is 5.32 Å². The standard InChI is InChI=1S/C19H20N4O2S/c1-12-15(20-18(25-12)13-6-4-3-5-7-13)10-17(24)22-19-21-14-8-9-23(2)11-16(14)26-19/h3-7H,8-11H2,1-2H3,(H,21,22,24). The van der Waals surface area contributed by atoms with Crippen molar-refractivity contribution in [2.75, 3.05) is 18.9 Å². The van der Waals surface area contributed by atoms with Gasteiger partial charge in [0.05, 0.1) is 17.8 Å². The number of carbonyl (C=O) groups is 1. The van der Waals surface area contributed by atoms with Gasteiger partial charge in [0, 0.05) is 30.0 Å². The van der Waals surface area contributed by atoms with Crippen molar-refractivity contribution in [3.8, 4) is 11.5 Å². The van der Waals surface area contributed by atoms with Crippen LogP contribution in [0.25, 0.3) is 11.5 Å². The van der Waals surface area contributed by atoms with Gasteiger partial charge in [0.1, 0.15) is 5.76 Å². The molecular weight excluding hydrogens is 348 g/mol. The molecular formula is C19H20N4O2S. The number of thiazole rings is 1. The van der Waals surface area contributed by atoms with E-state index in [4.69, 9.17) is 4.42 Å². The van der Waals surface area contributed by atoms with Gasteiger partial charge in [-0.25, -0.2) is 9.97 Å². The fourth-order valence-electron chi connectivity index (χ4n) is 2.99. The fraction of sp³-hybridized carbons (Fsp3) is 0.316. The molecule has 1 aliphatic heterocycles. The monoisotopic (exact) mass is 368 g/mol. The number of benzene rings is 1. The topological polar surface area (TPSA) is 71.3 Å². The summed E-state index contributed by atoms with van der Waals surface area (Å²) in [7, 11) is 2.10. The van der Waals surface area contributed by atoms with Gasteiger partial charge in [-0.15, -0.1) is 11.3 Å². The molecule has 0 saturated carbocycles. The molecule has 6 nitrogen and oxygen atoms in total. The summed E-state index contributed by atoms with van der Waals surface area (Å²) >= 11 is 1.56. The molecule has 0 radical (unpaired) electrons. The number of fused-ring (bicyclic) bond motifs is 1. The molecule has 0 bridgehead atoms. The van der Waals surface area contributed by atoms with E-state index < -0.39 is 0 Å². The highest BCUT2D eigenvalue weighted by Crippen LogP contribution is 2.28. The molecule has 0 fully saturated rings. The first-order valence-corrected chi connectivity index (χ1v) is 9.39. The lowest BCUT2D eigenvalue weighted by Crippen LogP contribution is -2.25. The minimum atomic E-state index is -0.125. The fourth-order valence-corrected chi connectivity index (χ4v) is 4.09. The van der Waals surface area contributed by atoms with Gasteiger partial charge in [-0.3, -0.25) is 4.79 Å². The number of hydrogen-bond donors (Lipinski definition) is 1. The Morgan fingerprint density at radius 2 is 2.12 bits per heavy atom.